The first kappa shape index (κ1) is 18.1. The number of hydrogen-bond acceptors (Lipinski definition) is 5. The largest absolute Gasteiger partial charge is 0.503 e. The van der Waals surface area contributed by atoms with E-state index >= 15 is 0 Å². The molecule has 4 nitrogen and oxygen atoms in total. The van der Waals surface area contributed by atoms with E-state index in [4.69, 9.17) is 28.6 Å². The summed E-state index contributed by atoms with van der Waals surface area (Å²) in [4.78, 5) is 14.6. The molecule has 1 N–H and O–H groups in total. The van der Waals surface area contributed by atoms with Gasteiger partial charge in [-0.05, 0) is 37.1 Å². The summed E-state index contributed by atoms with van der Waals surface area (Å²) in [6.07, 6.45) is 3.64. The molecule has 0 spiro atoms. The number of carbonyl (C=O) groups is 1. The highest BCUT2D eigenvalue weighted by Crippen LogP contribution is 2.38. The van der Waals surface area contributed by atoms with Gasteiger partial charge in [0.1, 0.15) is 4.32 Å². The lowest BCUT2D eigenvalue weighted by atomic mass is 10.2. The second kappa shape index (κ2) is 8.04. The monoisotopic (exact) mass is 371 g/mol. The van der Waals surface area contributed by atoms with Gasteiger partial charge in [-0.15, -0.1) is 0 Å². The van der Waals surface area contributed by atoms with Crippen molar-refractivity contribution < 1.29 is 14.6 Å². The highest BCUT2D eigenvalue weighted by atomic mass is 35.5. The number of nitrogens with zero attached hydrogens (tertiary/aromatic N) is 1. The maximum Gasteiger partial charge on any atom is 0.266 e. The molecule has 0 aliphatic carbocycles. The van der Waals surface area contributed by atoms with Gasteiger partial charge >= 0.3 is 0 Å². The summed E-state index contributed by atoms with van der Waals surface area (Å²) in [7, 11) is 0. The first-order valence-corrected chi connectivity index (χ1v) is 8.98. The van der Waals surface area contributed by atoms with E-state index in [-0.39, 0.29) is 16.7 Å². The molecule has 124 valence electrons. The Morgan fingerprint density at radius 2 is 2.17 bits per heavy atom. The van der Waals surface area contributed by atoms with Crippen LogP contribution in [-0.4, -0.2) is 33.4 Å². The molecule has 1 aliphatic rings. The number of halogens is 1. The summed E-state index contributed by atoms with van der Waals surface area (Å²) in [6, 6.07) is 3.25. The topological polar surface area (TPSA) is 49.8 Å². The number of rotatable bonds is 6. The van der Waals surface area contributed by atoms with Crippen molar-refractivity contribution in [3.63, 3.8) is 0 Å². The predicted molar refractivity (Wildman–Crippen MR) is 99.1 cm³/mol. The molecule has 0 unspecified atom stereocenters. The van der Waals surface area contributed by atoms with Gasteiger partial charge in [0, 0.05) is 6.54 Å². The average molecular weight is 372 g/mol. The minimum absolute atomic E-state index is 0.0874. The fraction of sp³-hybridized carbons (Fsp3) is 0.375. The number of ether oxygens (including phenoxy) is 1. The van der Waals surface area contributed by atoms with Crippen LogP contribution in [0.15, 0.2) is 17.0 Å². The Kier molecular flexibility index (Phi) is 6.33. The van der Waals surface area contributed by atoms with Gasteiger partial charge in [-0.3, -0.25) is 9.69 Å². The molecule has 0 aromatic heterocycles. The van der Waals surface area contributed by atoms with E-state index in [1.165, 1.54) is 11.8 Å². The zero-order valence-electron chi connectivity index (χ0n) is 13.0. The number of unbranched alkanes of at least 4 members (excludes halogenated alkanes) is 1. The molecule has 1 aromatic carbocycles. The molecule has 1 heterocycles. The number of phenolic OH excluding ortho intramolecular Hbond substituents is 1. The number of hydrogen-bond donors (Lipinski definition) is 1. The highest BCUT2D eigenvalue weighted by molar-refractivity contribution is 8.26. The molecule has 1 fully saturated rings. The van der Waals surface area contributed by atoms with Gasteiger partial charge < -0.3 is 9.84 Å². The van der Waals surface area contributed by atoms with E-state index in [1.807, 2.05) is 6.92 Å². The van der Waals surface area contributed by atoms with Crippen LogP contribution in [0.5, 0.6) is 11.5 Å². The minimum Gasteiger partial charge on any atom is -0.503 e. The van der Waals surface area contributed by atoms with E-state index in [0.29, 0.717) is 33.7 Å². The Labute approximate surface area is 150 Å². The summed E-state index contributed by atoms with van der Waals surface area (Å²) in [6.45, 7) is 4.94. The molecule has 1 aliphatic heterocycles. The van der Waals surface area contributed by atoms with Crippen LogP contribution < -0.4 is 4.74 Å². The molecule has 1 amide bonds. The minimum atomic E-state index is -0.0961. The molecular weight excluding hydrogens is 354 g/mol. The summed E-state index contributed by atoms with van der Waals surface area (Å²) >= 11 is 12.6. The maximum atomic E-state index is 12.4. The summed E-state index contributed by atoms with van der Waals surface area (Å²) in [5.74, 6) is 0.115. The van der Waals surface area contributed by atoms with Crippen LogP contribution in [0.1, 0.15) is 32.3 Å². The second-order valence-electron chi connectivity index (χ2n) is 4.97. The normalized spacial score (nSPS) is 16.5. The van der Waals surface area contributed by atoms with Crippen LogP contribution in [0.2, 0.25) is 5.02 Å². The van der Waals surface area contributed by atoms with Gasteiger partial charge in [-0.1, -0.05) is 48.9 Å². The van der Waals surface area contributed by atoms with Crippen molar-refractivity contribution >= 4 is 51.9 Å². The molecule has 1 saturated heterocycles. The number of thioether (sulfide) groups is 1. The molecule has 2 rings (SSSR count). The second-order valence-corrected chi connectivity index (χ2v) is 7.05. The van der Waals surface area contributed by atoms with E-state index < -0.39 is 0 Å². The highest BCUT2D eigenvalue weighted by Gasteiger charge is 2.31. The molecule has 1 aromatic rings. The predicted octanol–water partition coefficient (Wildman–Crippen LogP) is 4.45. The van der Waals surface area contributed by atoms with Crippen LogP contribution in [0.3, 0.4) is 0 Å². The number of phenols is 1. The molecule has 0 saturated carbocycles. The quantitative estimate of drug-likeness (QED) is 0.591. The first-order chi connectivity index (χ1) is 11.0. The lowest BCUT2D eigenvalue weighted by Gasteiger charge is -2.13. The van der Waals surface area contributed by atoms with E-state index in [1.54, 1.807) is 23.1 Å². The van der Waals surface area contributed by atoms with Crippen molar-refractivity contribution in [2.75, 3.05) is 13.2 Å². The number of benzene rings is 1. The van der Waals surface area contributed by atoms with Crippen LogP contribution in [0.25, 0.3) is 6.08 Å². The maximum absolute atomic E-state index is 12.4. The van der Waals surface area contributed by atoms with Crippen molar-refractivity contribution in [1.82, 2.24) is 4.90 Å². The Bertz CT molecular complexity index is 661. The summed E-state index contributed by atoms with van der Waals surface area (Å²) in [5.41, 5.74) is 0.687. The van der Waals surface area contributed by atoms with Crippen LogP contribution in [-0.2, 0) is 4.79 Å². The van der Waals surface area contributed by atoms with Crippen LogP contribution >= 0.6 is 35.6 Å². The van der Waals surface area contributed by atoms with Gasteiger partial charge in [0.25, 0.3) is 5.91 Å². The average Bonchev–Trinajstić information content (AvgIpc) is 2.77. The van der Waals surface area contributed by atoms with Crippen molar-refractivity contribution in [2.24, 2.45) is 0 Å². The van der Waals surface area contributed by atoms with Gasteiger partial charge in [-0.25, -0.2) is 0 Å². The van der Waals surface area contributed by atoms with E-state index in [2.05, 4.69) is 6.92 Å². The molecule has 0 radical (unpaired) electrons. The van der Waals surface area contributed by atoms with Gasteiger partial charge in [0.15, 0.2) is 11.5 Å². The van der Waals surface area contributed by atoms with Crippen molar-refractivity contribution in [1.29, 1.82) is 0 Å². The van der Waals surface area contributed by atoms with Crippen molar-refractivity contribution in [2.45, 2.75) is 26.7 Å². The third-order valence-electron chi connectivity index (χ3n) is 3.26. The van der Waals surface area contributed by atoms with Crippen molar-refractivity contribution in [3.05, 3.63) is 27.6 Å². The van der Waals surface area contributed by atoms with E-state index in [0.717, 1.165) is 12.8 Å². The van der Waals surface area contributed by atoms with Gasteiger partial charge in [0.05, 0.1) is 16.5 Å². The summed E-state index contributed by atoms with van der Waals surface area (Å²) in [5, 5.41) is 10.1. The number of aromatic hydroxyl groups is 1. The van der Waals surface area contributed by atoms with E-state index in [9.17, 15) is 9.90 Å². The number of thiocarbonyl (C=S) groups is 1. The third-order valence-corrected chi connectivity index (χ3v) is 4.92. The Morgan fingerprint density at radius 3 is 2.83 bits per heavy atom. The molecule has 0 atom stereocenters. The van der Waals surface area contributed by atoms with Crippen molar-refractivity contribution in [3.8, 4) is 11.5 Å². The number of amides is 1. The Morgan fingerprint density at radius 1 is 1.43 bits per heavy atom. The Balaban J connectivity index is 2.28. The molecule has 7 heteroatoms. The Hall–Kier alpha value is -1.24. The molecule has 23 heavy (non-hydrogen) atoms. The fourth-order valence-electron chi connectivity index (χ4n) is 2.10. The summed E-state index contributed by atoms with van der Waals surface area (Å²) < 4.78 is 5.93. The standard InChI is InChI=1S/C16H18ClNO3S2/c1-3-5-6-18-15(20)13(23-16(18)22)9-10-7-11(17)14(19)12(8-10)21-4-2/h7-9,19H,3-6H2,1-2H3. The zero-order valence-corrected chi connectivity index (χ0v) is 15.4. The lowest BCUT2D eigenvalue weighted by molar-refractivity contribution is -0.122. The fourth-order valence-corrected chi connectivity index (χ4v) is 3.63. The first-order valence-electron chi connectivity index (χ1n) is 7.38. The smallest absolute Gasteiger partial charge is 0.266 e. The van der Waals surface area contributed by atoms with Gasteiger partial charge in [0.2, 0.25) is 0 Å². The van der Waals surface area contributed by atoms with Crippen LogP contribution in [0, 0.1) is 0 Å². The third kappa shape index (κ3) is 4.19. The van der Waals surface area contributed by atoms with Crippen LogP contribution in [0.4, 0.5) is 0 Å². The number of carbonyl (C=O) groups excluding carboxylic acids is 1. The SMILES string of the molecule is CCCCN1C(=O)C(=Cc2cc(Cl)c(O)c(OCC)c2)SC1=S. The van der Waals surface area contributed by atoms with Gasteiger partial charge in [-0.2, -0.15) is 0 Å². The zero-order chi connectivity index (χ0) is 17.0. The molecule has 0 bridgehead atoms. The molecular formula is C16H18ClNO3S2. The lowest BCUT2D eigenvalue weighted by Crippen LogP contribution is -2.28.